The lowest BCUT2D eigenvalue weighted by atomic mass is 10.0. The fourth-order valence-electron chi connectivity index (χ4n) is 2.14. The Morgan fingerprint density at radius 1 is 1.09 bits per heavy atom. The molecule has 0 heterocycles. The van der Waals surface area contributed by atoms with Crippen molar-refractivity contribution >= 4 is 27.8 Å². The molecule has 0 saturated carbocycles. The summed E-state index contributed by atoms with van der Waals surface area (Å²) in [6, 6.07) is 16.3. The fourth-order valence-corrected chi connectivity index (χ4v) is 2.41. The zero-order valence-electron chi connectivity index (χ0n) is 12.8. The van der Waals surface area contributed by atoms with E-state index in [2.05, 4.69) is 21.2 Å². The number of rotatable bonds is 6. The molecule has 0 spiro atoms. The average molecular weight is 376 g/mol. The zero-order chi connectivity index (χ0) is 16.7. The van der Waals surface area contributed by atoms with Gasteiger partial charge in [-0.1, -0.05) is 53.2 Å². The molecule has 1 N–H and O–H groups in total. The summed E-state index contributed by atoms with van der Waals surface area (Å²) >= 11 is 3.39. The molecule has 120 valence electrons. The molecule has 0 unspecified atom stereocenters. The smallest absolute Gasteiger partial charge is 0.338 e. The molecule has 23 heavy (non-hydrogen) atoms. The lowest BCUT2D eigenvalue weighted by molar-refractivity contribution is -0.125. The number of amides is 1. The maximum absolute atomic E-state index is 12.0. The molecule has 2 aromatic carbocycles. The Morgan fingerprint density at radius 2 is 1.74 bits per heavy atom. The van der Waals surface area contributed by atoms with Crippen LogP contribution >= 0.6 is 15.9 Å². The van der Waals surface area contributed by atoms with Crippen molar-refractivity contribution in [2.75, 3.05) is 6.61 Å². The summed E-state index contributed by atoms with van der Waals surface area (Å²) in [4.78, 5) is 23.8. The van der Waals surface area contributed by atoms with Crippen LogP contribution in [0.2, 0.25) is 0 Å². The number of halogens is 1. The number of nitrogens with one attached hydrogen (secondary N) is 1. The quantitative estimate of drug-likeness (QED) is 0.779. The second-order valence-corrected chi connectivity index (χ2v) is 5.94. The van der Waals surface area contributed by atoms with Gasteiger partial charge in [0.2, 0.25) is 0 Å². The summed E-state index contributed by atoms with van der Waals surface area (Å²) in [5.74, 6) is -0.818. The highest BCUT2D eigenvalue weighted by atomic mass is 79.9. The number of hydrogen-bond donors (Lipinski definition) is 1. The van der Waals surface area contributed by atoms with Gasteiger partial charge >= 0.3 is 5.97 Å². The van der Waals surface area contributed by atoms with E-state index in [0.29, 0.717) is 5.56 Å². The number of esters is 1. The van der Waals surface area contributed by atoms with Crippen LogP contribution in [0.25, 0.3) is 0 Å². The predicted octanol–water partition coefficient (Wildman–Crippen LogP) is 3.87. The van der Waals surface area contributed by atoms with E-state index in [1.165, 1.54) is 0 Å². The van der Waals surface area contributed by atoms with Gasteiger partial charge in [-0.25, -0.2) is 4.79 Å². The van der Waals surface area contributed by atoms with Crippen molar-refractivity contribution in [2.45, 2.75) is 19.4 Å². The Kier molecular flexibility index (Phi) is 6.35. The van der Waals surface area contributed by atoms with E-state index in [9.17, 15) is 9.59 Å². The van der Waals surface area contributed by atoms with Crippen LogP contribution in [0.5, 0.6) is 0 Å². The van der Waals surface area contributed by atoms with Gasteiger partial charge in [-0.15, -0.1) is 0 Å². The van der Waals surface area contributed by atoms with Crippen molar-refractivity contribution in [3.05, 3.63) is 70.2 Å². The molecule has 0 saturated heterocycles. The third kappa shape index (κ3) is 5.21. The van der Waals surface area contributed by atoms with Crippen molar-refractivity contribution in [1.29, 1.82) is 0 Å². The van der Waals surface area contributed by atoms with Crippen LogP contribution in [0.15, 0.2) is 59.1 Å². The van der Waals surface area contributed by atoms with E-state index in [0.717, 1.165) is 16.5 Å². The SMILES string of the molecule is CC[C@@H](NC(=O)COC(=O)c1ccccc1)c1ccc(Br)cc1. The second-order valence-electron chi connectivity index (χ2n) is 5.02. The average Bonchev–Trinajstić information content (AvgIpc) is 2.59. The normalized spacial score (nSPS) is 11.6. The molecule has 2 aromatic rings. The van der Waals surface area contributed by atoms with Gasteiger partial charge in [-0.2, -0.15) is 0 Å². The minimum atomic E-state index is -0.502. The summed E-state index contributed by atoms with van der Waals surface area (Å²) in [6.07, 6.45) is 0.750. The monoisotopic (exact) mass is 375 g/mol. The molecular formula is C18H18BrNO3. The van der Waals surface area contributed by atoms with Gasteiger partial charge < -0.3 is 10.1 Å². The van der Waals surface area contributed by atoms with E-state index in [1.807, 2.05) is 37.3 Å². The molecule has 0 fully saturated rings. The lowest BCUT2D eigenvalue weighted by Gasteiger charge is -2.17. The first-order valence-electron chi connectivity index (χ1n) is 7.37. The Morgan fingerprint density at radius 3 is 2.35 bits per heavy atom. The maximum Gasteiger partial charge on any atom is 0.338 e. The van der Waals surface area contributed by atoms with E-state index in [1.54, 1.807) is 24.3 Å². The molecule has 5 heteroatoms. The second kappa shape index (κ2) is 8.48. The molecule has 0 aliphatic carbocycles. The highest BCUT2D eigenvalue weighted by molar-refractivity contribution is 9.10. The van der Waals surface area contributed by atoms with Gasteiger partial charge in [-0.05, 0) is 36.2 Å². The van der Waals surface area contributed by atoms with Gasteiger partial charge in [-0.3, -0.25) is 4.79 Å². The van der Waals surface area contributed by atoms with Crippen LogP contribution < -0.4 is 5.32 Å². The van der Waals surface area contributed by atoms with Crippen LogP contribution in [0.4, 0.5) is 0 Å². The number of hydrogen-bond acceptors (Lipinski definition) is 3. The third-order valence-corrected chi connectivity index (χ3v) is 3.89. The van der Waals surface area contributed by atoms with Crippen molar-refractivity contribution in [3.63, 3.8) is 0 Å². The fraction of sp³-hybridized carbons (Fsp3) is 0.222. The van der Waals surface area contributed by atoms with Gasteiger partial charge in [0.1, 0.15) is 0 Å². The standard InChI is InChI=1S/C18H18BrNO3/c1-2-16(13-8-10-15(19)11-9-13)20-17(21)12-23-18(22)14-6-4-3-5-7-14/h3-11,16H,2,12H2,1H3,(H,20,21)/t16-/m1/s1. The maximum atomic E-state index is 12.0. The summed E-state index contributed by atoms with van der Waals surface area (Å²) in [5.41, 5.74) is 1.44. The van der Waals surface area contributed by atoms with E-state index >= 15 is 0 Å². The van der Waals surface area contributed by atoms with Crippen molar-refractivity contribution < 1.29 is 14.3 Å². The summed E-state index contributed by atoms with van der Waals surface area (Å²) < 4.78 is 6.02. The molecule has 0 aliphatic heterocycles. The highest BCUT2D eigenvalue weighted by Crippen LogP contribution is 2.19. The number of ether oxygens (including phenoxy) is 1. The first-order chi connectivity index (χ1) is 11.1. The predicted molar refractivity (Wildman–Crippen MR) is 92.0 cm³/mol. The first kappa shape index (κ1) is 17.2. The highest BCUT2D eigenvalue weighted by Gasteiger charge is 2.14. The molecule has 0 aromatic heterocycles. The Labute approximate surface area is 144 Å². The van der Waals surface area contributed by atoms with Gasteiger partial charge in [0.05, 0.1) is 11.6 Å². The van der Waals surface area contributed by atoms with Crippen molar-refractivity contribution in [3.8, 4) is 0 Å². The summed E-state index contributed by atoms with van der Waals surface area (Å²) in [6.45, 7) is 1.70. The number of carbonyl (C=O) groups excluding carboxylic acids is 2. The zero-order valence-corrected chi connectivity index (χ0v) is 14.4. The van der Waals surface area contributed by atoms with Crippen LogP contribution in [0.3, 0.4) is 0 Å². The molecule has 4 nitrogen and oxygen atoms in total. The largest absolute Gasteiger partial charge is 0.452 e. The van der Waals surface area contributed by atoms with Crippen molar-refractivity contribution in [1.82, 2.24) is 5.32 Å². The Hall–Kier alpha value is -2.14. The minimum absolute atomic E-state index is 0.106. The van der Waals surface area contributed by atoms with Gasteiger partial charge in [0.25, 0.3) is 5.91 Å². The molecule has 1 atom stereocenters. The summed E-state index contributed by atoms with van der Waals surface area (Å²) in [7, 11) is 0. The topological polar surface area (TPSA) is 55.4 Å². The molecule has 0 radical (unpaired) electrons. The van der Waals surface area contributed by atoms with Crippen molar-refractivity contribution in [2.24, 2.45) is 0 Å². The van der Waals surface area contributed by atoms with Gasteiger partial charge in [0, 0.05) is 4.47 Å². The summed E-state index contributed by atoms with van der Waals surface area (Å²) in [5, 5.41) is 2.88. The van der Waals surface area contributed by atoms with Crippen LogP contribution in [0.1, 0.15) is 35.3 Å². The van der Waals surface area contributed by atoms with Crippen LogP contribution in [-0.2, 0) is 9.53 Å². The van der Waals surface area contributed by atoms with E-state index < -0.39 is 5.97 Å². The molecule has 1 amide bonds. The first-order valence-corrected chi connectivity index (χ1v) is 8.16. The number of carbonyl (C=O) groups is 2. The molecule has 0 bridgehead atoms. The molecule has 2 rings (SSSR count). The Bertz CT molecular complexity index is 656. The lowest BCUT2D eigenvalue weighted by Crippen LogP contribution is -2.32. The number of benzene rings is 2. The van der Waals surface area contributed by atoms with E-state index in [4.69, 9.17) is 4.74 Å². The van der Waals surface area contributed by atoms with Crippen LogP contribution in [-0.4, -0.2) is 18.5 Å². The molecule has 0 aliphatic rings. The Balaban J connectivity index is 1.88. The molecular weight excluding hydrogens is 358 g/mol. The van der Waals surface area contributed by atoms with Gasteiger partial charge in [0.15, 0.2) is 6.61 Å². The van der Waals surface area contributed by atoms with Crippen LogP contribution in [0, 0.1) is 0 Å². The van der Waals surface area contributed by atoms with E-state index in [-0.39, 0.29) is 18.6 Å². The minimum Gasteiger partial charge on any atom is -0.452 e. The third-order valence-electron chi connectivity index (χ3n) is 3.36.